The van der Waals surface area contributed by atoms with Gasteiger partial charge >= 0.3 is 0 Å². The molecule has 0 amide bonds. The number of halogens is 1. The van der Waals surface area contributed by atoms with Gasteiger partial charge in [-0.2, -0.15) is 5.48 Å². The van der Waals surface area contributed by atoms with Crippen molar-refractivity contribution in [3.05, 3.63) is 15.0 Å². The van der Waals surface area contributed by atoms with Crippen molar-refractivity contribution >= 4 is 27.3 Å². The standard InChI is InChI=1S/C10H13BrN2O2S/c1-6-2-7-3-15-13-10(7,5-14-6)9-12-8(11)4-16-9/h4,6-7,13H,2-3,5H2,1H3/t6?,7?,10-/m1/s1. The Kier molecular flexibility index (Phi) is 2.79. The van der Waals surface area contributed by atoms with Crippen LogP contribution in [-0.2, 0) is 15.1 Å². The number of aromatic nitrogens is 1. The van der Waals surface area contributed by atoms with Crippen molar-refractivity contribution in [2.75, 3.05) is 13.2 Å². The van der Waals surface area contributed by atoms with Gasteiger partial charge in [-0.15, -0.1) is 11.3 Å². The topological polar surface area (TPSA) is 43.4 Å². The van der Waals surface area contributed by atoms with Crippen LogP contribution >= 0.6 is 27.3 Å². The van der Waals surface area contributed by atoms with Crippen LogP contribution in [0.2, 0.25) is 0 Å². The number of ether oxygens (including phenoxy) is 1. The third-order valence-electron chi connectivity index (χ3n) is 3.31. The van der Waals surface area contributed by atoms with E-state index in [9.17, 15) is 0 Å². The van der Waals surface area contributed by atoms with E-state index in [1.807, 2.05) is 5.38 Å². The number of hydroxylamine groups is 1. The molecule has 1 N–H and O–H groups in total. The van der Waals surface area contributed by atoms with Crippen LogP contribution in [0.3, 0.4) is 0 Å². The summed E-state index contributed by atoms with van der Waals surface area (Å²) in [5.41, 5.74) is 2.89. The van der Waals surface area contributed by atoms with E-state index >= 15 is 0 Å². The van der Waals surface area contributed by atoms with Gasteiger partial charge in [0.1, 0.15) is 15.1 Å². The van der Waals surface area contributed by atoms with Crippen LogP contribution in [-0.4, -0.2) is 24.3 Å². The zero-order valence-corrected chi connectivity index (χ0v) is 11.3. The molecule has 0 aromatic carbocycles. The van der Waals surface area contributed by atoms with Crippen molar-refractivity contribution in [3.8, 4) is 0 Å². The normalized spacial score (nSPS) is 38.6. The SMILES string of the molecule is CC1CC2CON[C@]2(c2nc(Br)cs2)CO1. The Balaban J connectivity index is 1.96. The molecule has 4 nitrogen and oxygen atoms in total. The largest absolute Gasteiger partial charge is 0.376 e. The Morgan fingerprint density at radius 1 is 1.69 bits per heavy atom. The summed E-state index contributed by atoms with van der Waals surface area (Å²) in [5.74, 6) is 0.453. The van der Waals surface area contributed by atoms with E-state index in [-0.39, 0.29) is 5.54 Å². The van der Waals surface area contributed by atoms with Crippen molar-refractivity contribution in [3.63, 3.8) is 0 Å². The number of thiazole rings is 1. The van der Waals surface area contributed by atoms with Crippen LogP contribution in [0.1, 0.15) is 18.4 Å². The Bertz CT molecular complexity index is 400. The molecule has 0 bridgehead atoms. The second-order valence-corrected chi connectivity index (χ2v) is 6.08. The van der Waals surface area contributed by atoms with Crippen LogP contribution < -0.4 is 5.48 Å². The maximum Gasteiger partial charge on any atom is 0.123 e. The molecule has 88 valence electrons. The monoisotopic (exact) mass is 304 g/mol. The van der Waals surface area contributed by atoms with Gasteiger partial charge in [-0.25, -0.2) is 4.98 Å². The molecule has 1 aromatic rings. The first-order chi connectivity index (χ1) is 7.71. The molecule has 2 saturated heterocycles. The fourth-order valence-corrected chi connectivity index (χ4v) is 3.86. The van der Waals surface area contributed by atoms with Crippen molar-refractivity contribution in [2.45, 2.75) is 25.0 Å². The lowest BCUT2D eigenvalue weighted by Gasteiger charge is -2.38. The lowest BCUT2D eigenvalue weighted by atomic mass is 9.81. The predicted octanol–water partition coefficient (Wildman–Crippen LogP) is 2.06. The van der Waals surface area contributed by atoms with Gasteiger partial charge in [0.05, 0.1) is 19.3 Å². The summed E-state index contributed by atoms with van der Waals surface area (Å²) in [6, 6.07) is 0. The van der Waals surface area contributed by atoms with Crippen LogP contribution in [0.5, 0.6) is 0 Å². The first kappa shape index (κ1) is 11.1. The average Bonchev–Trinajstić information content (AvgIpc) is 2.84. The van der Waals surface area contributed by atoms with Gasteiger partial charge in [-0.3, -0.25) is 0 Å². The molecule has 2 fully saturated rings. The maximum absolute atomic E-state index is 5.77. The van der Waals surface area contributed by atoms with Gasteiger partial charge in [0, 0.05) is 11.3 Å². The van der Waals surface area contributed by atoms with Gasteiger partial charge in [0.2, 0.25) is 0 Å². The quantitative estimate of drug-likeness (QED) is 0.862. The van der Waals surface area contributed by atoms with E-state index in [0.29, 0.717) is 18.6 Å². The highest BCUT2D eigenvalue weighted by Crippen LogP contribution is 2.42. The van der Waals surface area contributed by atoms with E-state index < -0.39 is 0 Å². The summed E-state index contributed by atoms with van der Waals surface area (Å²) in [7, 11) is 0. The number of hydrogen-bond acceptors (Lipinski definition) is 5. The third-order valence-corrected chi connectivity index (χ3v) is 5.03. The van der Waals surface area contributed by atoms with E-state index in [0.717, 1.165) is 22.6 Å². The molecule has 0 saturated carbocycles. The molecule has 1 aromatic heterocycles. The third kappa shape index (κ3) is 1.64. The fourth-order valence-electron chi connectivity index (χ4n) is 2.39. The molecule has 3 heterocycles. The molecule has 16 heavy (non-hydrogen) atoms. The van der Waals surface area contributed by atoms with Crippen molar-refractivity contribution in [1.29, 1.82) is 0 Å². The minimum Gasteiger partial charge on any atom is -0.376 e. The summed E-state index contributed by atoms with van der Waals surface area (Å²) in [4.78, 5) is 9.93. The Labute approximate surface area is 106 Å². The zero-order valence-electron chi connectivity index (χ0n) is 8.90. The number of hydrogen-bond donors (Lipinski definition) is 1. The summed E-state index contributed by atoms with van der Waals surface area (Å²) in [5, 5.41) is 3.05. The summed E-state index contributed by atoms with van der Waals surface area (Å²) in [6.45, 7) is 3.49. The maximum atomic E-state index is 5.77. The van der Waals surface area contributed by atoms with Gasteiger partial charge in [0.25, 0.3) is 0 Å². The van der Waals surface area contributed by atoms with Gasteiger partial charge in [-0.1, -0.05) is 0 Å². The molecular formula is C10H13BrN2O2S. The second kappa shape index (κ2) is 4.03. The molecule has 2 aliphatic heterocycles. The van der Waals surface area contributed by atoms with E-state index in [2.05, 4.69) is 33.3 Å². The number of nitrogens with one attached hydrogen (secondary N) is 1. The zero-order chi connectivity index (χ0) is 11.2. The number of rotatable bonds is 1. The first-order valence-electron chi connectivity index (χ1n) is 5.33. The highest BCUT2D eigenvalue weighted by Gasteiger charge is 2.51. The first-order valence-corrected chi connectivity index (χ1v) is 7.00. The Morgan fingerprint density at radius 3 is 3.31 bits per heavy atom. The molecule has 6 heteroatoms. The molecule has 0 radical (unpaired) electrons. The molecule has 2 aliphatic rings. The fraction of sp³-hybridized carbons (Fsp3) is 0.700. The molecular weight excluding hydrogens is 292 g/mol. The number of nitrogens with zero attached hydrogens (tertiary/aromatic N) is 1. The molecule has 3 atom stereocenters. The Hall–Kier alpha value is -0.0100. The van der Waals surface area contributed by atoms with Crippen molar-refractivity contribution in [1.82, 2.24) is 10.5 Å². The minimum atomic E-state index is -0.233. The van der Waals surface area contributed by atoms with E-state index in [4.69, 9.17) is 9.57 Å². The molecule has 0 aliphatic carbocycles. The highest BCUT2D eigenvalue weighted by molar-refractivity contribution is 9.10. The lowest BCUT2D eigenvalue weighted by molar-refractivity contribution is -0.0603. The van der Waals surface area contributed by atoms with Crippen LogP contribution in [0, 0.1) is 5.92 Å². The van der Waals surface area contributed by atoms with Gasteiger partial charge < -0.3 is 9.57 Å². The van der Waals surface area contributed by atoms with Gasteiger partial charge in [-0.05, 0) is 29.3 Å². The predicted molar refractivity (Wildman–Crippen MR) is 64.1 cm³/mol. The Morgan fingerprint density at radius 2 is 2.56 bits per heavy atom. The lowest BCUT2D eigenvalue weighted by Crippen LogP contribution is -2.50. The smallest absolute Gasteiger partial charge is 0.123 e. The summed E-state index contributed by atoms with van der Waals surface area (Å²) < 4.78 is 6.65. The van der Waals surface area contributed by atoms with Crippen molar-refractivity contribution in [2.24, 2.45) is 5.92 Å². The second-order valence-electron chi connectivity index (χ2n) is 4.41. The molecule has 0 spiro atoms. The van der Waals surface area contributed by atoms with Gasteiger partial charge in [0.15, 0.2) is 0 Å². The number of fused-ring (bicyclic) bond motifs is 1. The highest BCUT2D eigenvalue weighted by atomic mass is 79.9. The minimum absolute atomic E-state index is 0.233. The average molecular weight is 305 g/mol. The van der Waals surface area contributed by atoms with Crippen LogP contribution in [0.4, 0.5) is 0 Å². The summed E-state index contributed by atoms with van der Waals surface area (Å²) in [6.07, 6.45) is 1.33. The van der Waals surface area contributed by atoms with E-state index in [1.165, 1.54) is 0 Å². The van der Waals surface area contributed by atoms with Crippen LogP contribution in [0.15, 0.2) is 9.98 Å². The summed E-state index contributed by atoms with van der Waals surface area (Å²) >= 11 is 5.04. The van der Waals surface area contributed by atoms with Crippen LogP contribution in [0.25, 0.3) is 0 Å². The molecule has 3 rings (SSSR count). The van der Waals surface area contributed by atoms with Crippen molar-refractivity contribution < 1.29 is 9.57 Å². The van der Waals surface area contributed by atoms with E-state index in [1.54, 1.807) is 11.3 Å². The molecule has 2 unspecified atom stereocenters.